The summed E-state index contributed by atoms with van der Waals surface area (Å²) in [5.41, 5.74) is 29.3. The van der Waals surface area contributed by atoms with Crippen molar-refractivity contribution in [3.63, 3.8) is 0 Å². The van der Waals surface area contributed by atoms with Crippen molar-refractivity contribution in [1.29, 1.82) is 0 Å². The van der Waals surface area contributed by atoms with Crippen molar-refractivity contribution < 1.29 is 0 Å². The van der Waals surface area contributed by atoms with E-state index in [4.69, 9.17) is 0 Å². The van der Waals surface area contributed by atoms with Crippen LogP contribution in [0.4, 0.5) is 34.1 Å². The Bertz CT molecular complexity index is 4020. The molecule has 2 aliphatic heterocycles. The molecule has 6 aliphatic rings. The normalized spacial score (nSPS) is 15.3. The van der Waals surface area contributed by atoms with Crippen LogP contribution < -0.4 is 25.5 Å². The first kappa shape index (κ1) is 37.5. The summed E-state index contributed by atoms with van der Waals surface area (Å²) < 4.78 is 1.40. The fraction of sp³-hybridized carbons (Fsp3) is 0.0303. The van der Waals surface area contributed by atoms with E-state index in [1.54, 1.807) is 0 Å². The predicted octanol–water partition coefficient (Wildman–Crippen LogP) is 14.5. The zero-order valence-electron chi connectivity index (χ0n) is 37.9. The minimum Gasteiger partial charge on any atom is -0.311 e. The van der Waals surface area contributed by atoms with Crippen molar-refractivity contribution in [3.05, 3.63) is 280 Å². The molecule has 10 aromatic carbocycles. The van der Waals surface area contributed by atoms with Crippen LogP contribution in [0.15, 0.2) is 237 Å². The monoisotopic (exact) mass is 902 g/mol. The van der Waals surface area contributed by atoms with E-state index < -0.39 is 10.8 Å². The third kappa shape index (κ3) is 4.24. The van der Waals surface area contributed by atoms with Crippen LogP contribution in [0, 0.1) is 0 Å². The van der Waals surface area contributed by atoms with E-state index >= 15 is 0 Å². The Labute approximate surface area is 411 Å². The molecule has 0 bridgehead atoms. The molecule has 0 atom stereocenters. The fourth-order valence-electron chi connectivity index (χ4n) is 14.5. The van der Waals surface area contributed by atoms with Gasteiger partial charge in [-0.25, -0.2) is 0 Å². The molecule has 3 heterocycles. The molecule has 0 saturated carbocycles. The van der Waals surface area contributed by atoms with Crippen molar-refractivity contribution in [3.8, 4) is 44.5 Å². The zero-order chi connectivity index (χ0) is 45.5. The van der Waals surface area contributed by atoms with Crippen molar-refractivity contribution in [2.75, 3.05) is 9.80 Å². The van der Waals surface area contributed by atoms with Crippen molar-refractivity contribution in [2.24, 2.45) is 0 Å². The van der Waals surface area contributed by atoms with Gasteiger partial charge in [-0.15, -0.1) is 11.3 Å². The highest BCUT2D eigenvalue weighted by Crippen LogP contribution is 2.68. The summed E-state index contributed by atoms with van der Waals surface area (Å²) in [6.45, 7) is -0.0417. The number of nitrogens with zero attached hydrogens (tertiary/aromatic N) is 2. The third-order valence-electron chi connectivity index (χ3n) is 16.8. The topological polar surface area (TPSA) is 6.48 Å². The van der Waals surface area contributed by atoms with Gasteiger partial charge in [-0.1, -0.05) is 194 Å². The van der Waals surface area contributed by atoms with E-state index in [1.165, 1.54) is 132 Å². The van der Waals surface area contributed by atoms with E-state index in [9.17, 15) is 0 Å². The van der Waals surface area contributed by atoms with Crippen LogP contribution in [0.5, 0.6) is 0 Å². The molecule has 0 N–H and O–H groups in total. The Morgan fingerprint density at radius 3 is 1.27 bits per heavy atom. The standard InChI is InChI=1S/C66H39BN2S/c1-3-20-40(21-4-1)68-57-36-19-37-58-61(57)67(56-38-48-46-28-11-15-32-51(46)65(55(48)39-59(56)68)49-30-13-7-24-42(49)43-25-8-14-31-50(43)65)64-62(69(58)41-22-5-2-6-23-41)60-47-29-12-18-35-54(47)66(63(60)70-64)52-33-16-9-26-44(52)45-27-10-17-34-53(45)66/h1-39H. The summed E-state index contributed by atoms with van der Waals surface area (Å²) in [4.78, 5) is 6.63. The van der Waals surface area contributed by atoms with Gasteiger partial charge in [-0.05, 0) is 131 Å². The van der Waals surface area contributed by atoms with Gasteiger partial charge in [-0.2, -0.15) is 0 Å². The molecule has 0 amide bonds. The third-order valence-corrected chi connectivity index (χ3v) is 18.2. The molecule has 0 unspecified atom stereocenters. The number of hydrogen-bond donors (Lipinski definition) is 0. The molecule has 0 saturated heterocycles. The smallest absolute Gasteiger partial charge is 0.264 e. The Kier molecular flexibility index (Phi) is 7.08. The summed E-state index contributed by atoms with van der Waals surface area (Å²) in [7, 11) is 0. The molecule has 11 aromatic rings. The molecule has 0 fully saturated rings. The second-order valence-electron chi connectivity index (χ2n) is 19.7. The molecular weight excluding hydrogens is 864 g/mol. The number of anilines is 6. The van der Waals surface area contributed by atoms with Crippen molar-refractivity contribution >= 4 is 67.9 Å². The quantitative estimate of drug-likeness (QED) is 0.160. The molecule has 0 radical (unpaired) electrons. The van der Waals surface area contributed by atoms with Crippen LogP contribution in [0.2, 0.25) is 0 Å². The first-order valence-electron chi connectivity index (χ1n) is 24.6. The highest BCUT2D eigenvalue weighted by atomic mass is 32.1. The molecular formula is C66H39BN2S. The van der Waals surface area contributed by atoms with Crippen LogP contribution in [0.1, 0.15) is 43.8 Å². The molecule has 4 aliphatic carbocycles. The molecule has 322 valence electrons. The van der Waals surface area contributed by atoms with Crippen molar-refractivity contribution in [1.82, 2.24) is 0 Å². The van der Waals surface area contributed by atoms with E-state index in [-0.39, 0.29) is 6.71 Å². The summed E-state index contributed by atoms with van der Waals surface area (Å²) in [6.07, 6.45) is 0. The van der Waals surface area contributed by atoms with Crippen LogP contribution in [0.3, 0.4) is 0 Å². The van der Waals surface area contributed by atoms with Gasteiger partial charge in [0, 0.05) is 43.7 Å². The van der Waals surface area contributed by atoms with Gasteiger partial charge in [0.25, 0.3) is 6.71 Å². The lowest BCUT2D eigenvalue weighted by atomic mass is 9.36. The second-order valence-corrected chi connectivity index (χ2v) is 20.8. The second kappa shape index (κ2) is 13.2. The van der Waals surface area contributed by atoms with Gasteiger partial charge >= 0.3 is 0 Å². The Balaban J connectivity index is 1.02. The SMILES string of the molecule is c1ccc(N2c3cc4c(cc3B3c5sc6c(c5N(c5ccccc5)c5cccc2c53)-c2ccccc2C62c3ccccc3-c3ccccc32)-c2ccccc2C42c3ccccc3-c3ccccc32)cc1. The van der Waals surface area contributed by atoms with Gasteiger partial charge in [-0.3, -0.25) is 0 Å². The maximum Gasteiger partial charge on any atom is 0.264 e. The van der Waals surface area contributed by atoms with Gasteiger partial charge in [0.15, 0.2) is 0 Å². The van der Waals surface area contributed by atoms with Crippen LogP contribution >= 0.6 is 11.3 Å². The lowest BCUT2D eigenvalue weighted by Gasteiger charge is -2.44. The highest BCUT2D eigenvalue weighted by Gasteiger charge is 2.58. The number of thiophene rings is 1. The van der Waals surface area contributed by atoms with Gasteiger partial charge in [0.05, 0.1) is 16.5 Å². The summed E-state index contributed by atoms with van der Waals surface area (Å²) in [6, 6.07) is 90.0. The first-order chi connectivity index (χ1) is 34.8. The number of para-hydroxylation sites is 2. The lowest BCUT2D eigenvalue weighted by molar-refractivity contribution is 0.794. The minimum atomic E-state index is -0.468. The lowest BCUT2D eigenvalue weighted by Crippen LogP contribution is -2.60. The Morgan fingerprint density at radius 1 is 0.329 bits per heavy atom. The number of fused-ring (bicyclic) bond motifs is 25. The highest BCUT2D eigenvalue weighted by molar-refractivity contribution is 7.30. The van der Waals surface area contributed by atoms with E-state index in [2.05, 4.69) is 258 Å². The average Bonchev–Trinajstić information content (AvgIpc) is 4.20. The van der Waals surface area contributed by atoms with E-state index in [0.29, 0.717) is 0 Å². The number of benzene rings is 10. The molecule has 4 heteroatoms. The Hall–Kier alpha value is -8.44. The van der Waals surface area contributed by atoms with Gasteiger partial charge in [0.1, 0.15) is 0 Å². The molecule has 70 heavy (non-hydrogen) atoms. The van der Waals surface area contributed by atoms with E-state index in [0.717, 1.165) is 5.69 Å². The van der Waals surface area contributed by atoms with Crippen molar-refractivity contribution in [2.45, 2.75) is 10.8 Å². The minimum absolute atomic E-state index is 0.0417. The summed E-state index contributed by atoms with van der Waals surface area (Å²) >= 11 is 2.06. The Morgan fingerprint density at radius 2 is 0.743 bits per heavy atom. The first-order valence-corrected chi connectivity index (χ1v) is 25.4. The predicted molar refractivity (Wildman–Crippen MR) is 291 cm³/mol. The fourth-order valence-corrected chi connectivity index (χ4v) is 16.1. The maximum absolute atomic E-state index is 2.64. The zero-order valence-corrected chi connectivity index (χ0v) is 38.7. The van der Waals surface area contributed by atoms with Crippen LogP contribution in [0.25, 0.3) is 44.5 Å². The van der Waals surface area contributed by atoms with Gasteiger partial charge in [0.2, 0.25) is 0 Å². The molecule has 17 rings (SSSR count). The van der Waals surface area contributed by atoms with Crippen LogP contribution in [-0.2, 0) is 10.8 Å². The molecule has 1 aromatic heterocycles. The molecule has 2 nitrogen and oxygen atoms in total. The summed E-state index contributed by atoms with van der Waals surface area (Å²) in [5, 5.41) is 0. The van der Waals surface area contributed by atoms with Gasteiger partial charge < -0.3 is 9.80 Å². The average molecular weight is 903 g/mol. The summed E-state index contributed by atoms with van der Waals surface area (Å²) in [5.74, 6) is 0. The maximum atomic E-state index is 2.64. The van der Waals surface area contributed by atoms with Crippen LogP contribution in [-0.4, -0.2) is 6.71 Å². The number of rotatable bonds is 2. The largest absolute Gasteiger partial charge is 0.311 e. The number of hydrogen-bond acceptors (Lipinski definition) is 3. The van der Waals surface area contributed by atoms with E-state index in [1.807, 2.05) is 0 Å². The molecule has 2 spiro atoms.